The Hall–Kier alpha value is -2.36. The topological polar surface area (TPSA) is 72.6 Å². The zero-order valence-corrected chi connectivity index (χ0v) is 13.7. The summed E-state index contributed by atoms with van der Waals surface area (Å²) >= 11 is 0. The Balaban J connectivity index is 1.93. The van der Waals surface area contributed by atoms with Crippen LogP contribution in [-0.2, 0) is 11.3 Å². The van der Waals surface area contributed by atoms with Gasteiger partial charge in [0, 0.05) is 12.2 Å². The van der Waals surface area contributed by atoms with E-state index in [1.54, 1.807) is 6.92 Å². The number of nitrogens with one attached hydrogen (secondary N) is 3. The Morgan fingerprint density at radius 2 is 1.96 bits per heavy atom. The summed E-state index contributed by atoms with van der Waals surface area (Å²) in [6.07, 6.45) is 0. The maximum absolute atomic E-state index is 12.2. The van der Waals surface area contributed by atoms with Crippen LogP contribution in [0.2, 0.25) is 0 Å². The zero-order valence-electron chi connectivity index (χ0n) is 13.7. The molecule has 23 heavy (non-hydrogen) atoms. The standard InChI is InChI=1S/C17H23N5O/c1-14(20-22-10-8-21(2)9-11-22)16(12-18)17(23)19-13-15-6-4-3-5-7-15/h3-7,20H,8-11,13H2,1-2H3,(H,19,23)/p+1. The maximum Gasteiger partial charge on any atom is 0.264 e. The summed E-state index contributed by atoms with van der Waals surface area (Å²) in [5, 5.41) is 14.2. The predicted molar refractivity (Wildman–Crippen MR) is 87.9 cm³/mol. The van der Waals surface area contributed by atoms with E-state index in [-0.39, 0.29) is 11.5 Å². The van der Waals surface area contributed by atoms with Crippen LogP contribution in [0, 0.1) is 11.3 Å². The highest BCUT2D eigenvalue weighted by atomic mass is 16.1. The van der Waals surface area contributed by atoms with Gasteiger partial charge in [-0.1, -0.05) is 30.3 Å². The predicted octanol–water partition coefficient (Wildman–Crippen LogP) is -0.565. The highest BCUT2D eigenvalue weighted by molar-refractivity contribution is 5.97. The van der Waals surface area contributed by atoms with Gasteiger partial charge in [0.25, 0.3) is 5.91 Å². The van der Waals surface area contributed by atoms with Gasteiger partial charge in [0.1, 0.15) is 11.6 Å². The van der Waals surface area contributed by atoms with Crippen molar-refractivity contribution in [2.45, 2.75) is 13.5 Å². The third-order valence-electron chi connectivity index (χ3n) is 3.95. The van der Waals surface area contributed by atoms with E-state index in [4.69, 9.17) is 0 Å². The van der Waals surface area contributed by atoms with Crippen LogP contribution in [0.25, 0.3) is 0 Å². The normalized spacial score (nSPS) is 17.1. The molecule has 1 aliphatic heterocycles. The Kier molecular flexibility index (Phi) is 6.15. The van der Waals surface area contributed by atoms with Gasteiger partial charge in [-0.3, -0.25) is 4.79 Å². The van der Waals surface area contributed by atoms with Crippen molar-refractivity contribution in [3.8, 4) is 6.07 Å². The first kappa shape index (κ1) is 17.0. The number of hydrazine groups is 1. The minimum Gasteiger partial charge on any atom is -0.347 e. The number of rotatable bonds is 5. The molecule has 0 saturated carbocycles. The molecule has 1 amide bonds. The highest BCUT2D eigenvalue weighted by Crippen LogP contribution is 2.04. The number of benzene rings is 1. The third-order valence-corrected chi connectivity index (χ3v) is 3.95. The first-order chi connectivity index (χ1) is 11.1. The second kappa shape index (κ2) is 8.32. The largest absolute Gasteiger partial charge is 0.347 e. The summed E-state index contributed by atoms with van der Waals surface area (Å²) in [5.74, 6) is -0.346. The molecule has 0 radical (unpaired) electrons. The number of nitriles is 1. The summed E-state index contributed by atoms with van der Waals surface area (Å²) in [6, 6.07) is 11.7. The number of quaternary nitrogens is 1. The van der Waals surface area contributed by atoms with Gasteiger partial charge in [-0.05, 0) is 12.5 Å². The molecular weight excluding hydrogens is 290 g/mol. The van der Waals surface area contributed by atoms with Gasteiger partial charge in [-0.25, -0.2) is 5.01 Å². The van der Waals surface area contributed by atoms with Gasteiger partial charge in [0.2, 0.25) is 0 Å². The zero-order chi connectivity index (χ0) is 16.7. The van der Waals surface area contributed by atoms with Gasteiger partial charge in [-0.15, -0.1) is 0 Å². The van der Waals surface area contributed by atoms with Crippen LogP contribution in [0.4, 0.5) is 0 Å². The Bertz CT molecular complexity index is 597. The lowest BCUT2D eigenvalue weighted by Gasteiger charge is -2.31. The highest BCUT2D eigenvalue weighted by Gasteiger charge is 2.19. The van der Waals surface area contributed by atoms with Crippen LogP contribution in [0.15, 0.2) is 41.6 Å². The molecule has 1 aromatic rings. The minimum absolute atomic E-state index is 0.132. The number of hydrogen-bond acceptors (Lipinski definition) is 4. The van der Waals surface area contributed by atoms with E-state index in [1.807, 2.05) is 36.4 Å². The van der Waals surface area contributed by atoms with E-state index in [0.717, 1.165) is 31.7 Å². The van der Waals surface area contributed by atoms with Crippen LogP contribution in [-0.4, -0.2) is 44.1 Å². The van der Waals surface area contributed by atoms with Crippen LogP contribution >= 0.6 is 0 Å². The fourth-order valence-corrected chi connectivity index (χ4v) is 2.46. The number of carbonyl (C=O) groups is 1. The fourth-order valence-electron chi connectivity index (χ4n) is 2.46. The van der Waals surface area contributed by atoms with Crippen molar-refractivity contribution >= 4 is 5.91 Å². The number of amides is 1. The Morgan fingerprint density at radius 3 is 2.57 bits per heavy atom. The molecule has 0 aromatic heterocycles. The van der Waals surface area contributed by atoms with Gasteiger partial charge in [0.05, 0.1) is 33.2 Å². The molecule has 0 bridgehead atoms. The van der Waals surface area contributed by atoms with Crippen molar-refractivity contribution in [1.29, 1.82) is 5.26 Å². The second-order valence-corrected chi connectivity index (χ2v) is 5.84. The number of carbonyl (C=O) groups excluding carboxylic acids is 1. The molecular formula is C17H24N5O+. The quantitative estimate of drug-likeness (QED) is 0.503. The van der Waals surface area contributed by atoms with Gasteiger partial charge in [-0.2, -0.15) is 5.26 Å². The van der Waals surface area contributed by atoms with E-state index in [0.29, 0.717) is 12.2 Å². The van der Waals surface area contributed by atoms with Crippen LogP contribution in [0.1, 0.15) is 12.5 Å². The first-order valence-electron chi connectivity index (χ1n) is 7.86. The molecule has 6 heteroatoms. The summed E-state index contributed by atoms with van der Waals surface area (Å²) in [7, 11) is 2.16. The summed E-state index contributed by atoms with van der Waals surface area (Å²) < 4.78 is 0. The van der Waals surface area contributed by atoms with E-state index < -0.39 is 0 Å². The summed E-state index contributed by atoms with van der Waals surface area (Å²) in [6.45, 7) is 6.06. The molecule has 1 heterocycles. The van der Waals surface area contributed by atoms with Crippen LogP contribution < -0.4 is 15.6 Å². The van der Waals surface area contributed by atoms with Crippen molar-refractivity contribution in [3.05, 3.63) is 47.2 Å². The average Bonchev–Trinajstić information content (AvgIpc) is 2.57. The van der Waals surface area contributed by atoms with Gasteiger partial charge < -0.3 is 15.6 Å². The number of likely N-dealkylation sites (N-methyl/N-ethyl adjacent to an activating group) is 1. The van der Waals surface area contributed by atoms with Crippen molar-refractivity contribution in [2.24, 2.45) is 0 Å². The van der Waals surface area contributed by atoms with Crippen molar-refractivity contribution in [1.82, 2.24) is 15.8 Å². The molecule has 6 nitrogen and oxygen atoms in total. The molecule has 0 atom stereocenters. The SMILES string of the molecule is CC(NN1CC[NH+](C)CC1)=C(C#N)C(=O)NCc1ccccc1. The number of piperazine rings is 1. The Labute approximate surface area is 137 Å². The fraction of sp³-hybridized carbons (Fsp3) is 0.412. The molecule has 1 saturated heterocycles. The maximum atomic E-state index is 12.2. The van der Waals surface area contributed by atoms with Crippen molar-refractivity contribution < 1.29 is 9.69 Å². The van der Waals surface area contributed by atoms with Crippen LogP contribution in [0.3, 0.4) is 0 Å². The average molecular weight is 314 g/mol. The lowest BCUT2D eigenvalue weighted by atomic mass is 10.2. The van der Waals surface area contributed by atoms with Gasteiger partial charge >= 0.3 is 0 Å². The molecule has 2 rings (SSSR count). The third kappa shape index (κ3) is 5.09. The lowest BCUT2D eigenvalue weighted by Crippen LogP contribution is -3.12. The molecule has 0 aliphatic carbocycles. The van der Waals surface area contributed by atoms with Gasteiger partial charge in [0.15, 0.2) is 0 Å². The van der Waals surface area contributed by atoms with Crippen LogP contribution in [0.5, 0.6) is 0 Å². The minimum atomic E-state index is -0.346. The summed E-state index contributed by atoms with van der Waals surface area (Å²) in [5.41, 5.74) is 4.92. The molecule has 0 unspecified atom stereocenters. The monoisotopic (exact) mass is 314 g/mol. The summed E-state index contributed by atoms with van der Waals surface area (Å²) in [4.78, 5) is 13.7. The smallest absolute Gasteiger partial charge is 0.264 e. The number of nitrogens with zero attached hydrogens (tertiary/aromatic N) is 2. The van der Waals surface area contributed by atoms with E-state index in [1.165, 1.54) is 4.90 Å². The second-order valence-electron chi connectivity index (χ2n) is 5.84. The first-order valence-corrected chi connectivity index (χ1v) is 7.86. The van der Waals surface area contributed by atoms with E-state index >= 15 is 0 Å². The lowest BCUT2D eigenvalue weighted by molar-refractivity contribution is -0.884. The molecule has 122 valence electrons. The van der Waals surface area contributed by atoms with E-state index in [9.17, 15) is 10.1 Å². The van der Waals surface area contributed by atoms with Crippen molar-refractivity contribution in [2.75, 3.05) is 33.2 Å². The van der Waals surface area contributed by atoms with Crippen molar-refractivity contribution in [3.63, 3.8) is 0 Å². The molecule has 1 aromatic carbocycles. The number of hydrogen-bond donors (Lipinski definition) is 3. The van der Waals surface area contributed by atoms with E-state index in [2.05, 4.69) is 22.8 Å². The molecule has 0 spiro atoms. The Morgan fingerprint density at radius 1 is 1.30 bits per heavy atom. The number of allylic oxidation sites excluding steroid dienone is 1. The molecule has 3 N–H and O–H groups in total. The molecule has 1 fully saturated rings. The molecule has 1 aliphatic rings.